The second-order valence-corrected chi connectivity index (χ2v) is 7.41. The number of ether oxygens (including phenoxy) is 2. The molecule has 0 radical (unpaired) electrons. The van der Waals surface area contributed by atoms with E-state index in [2.05, 4.69) is 16.0 Å². The smallest absolute Gasteiger partial charge is 0.289 e. The lowest BCUT2D eigenvalue weighted by molar-refractivity contribution is -0.140. The van der Waals surface area contributed by atoms with Gasteiger partial charge in [0.25, 0.3) is 5.91 Å². The summed E-state index contributed by atoms with van der Waals surface area (Å²) in [5.74, 6) is -1.44. The zero-order valence-corrected chi connectivity index (χ0v) is 18.4. The first-order valence-electron chi connectivity index (χ1n) is 10.3. The van der Waals surface area contributed by atoms with Gasteiger partial charge in [-0.15, -0.1) is 0 Å². The molecule has 8 nitrogen and oxygen atoms in total. The first kappa shape index (κ1) is 25.7. The van der Waals surface area contributed by atoms with Gasteiger partial charge in [0.15, 0.2) is 0 Å². The Morgan fingerprint density at radius 1 is 1.03 bits per heavy atom. The third kappa shape index (κ3) is 9.96. The van der Waals surface area contributed by atoms with E-state index >= 15 is 0 Å². The van der Waals surface area contributed by atoms with Crippen molar-refractivity contribution in [1.29, 1.82) is 0 Å². The molecule has 0 saturated carbocycles. The quantitative estimate of drug-likeness (QED) is 0.222. The minimum absolute atomic E-state index is 0.182. The summed E-state index contributed by atoms with van der Waals surface area (Å²) >= 11 is 0. The molecule has 0 aromatic heterocycles. The minimum atomic E-state index is -0.947. The van der Waals surface area contributed by atoms with E-state index in [1.165, 1.54) is 0 Å². The molecule has 0 heterocycles. The van der Waals surface area contributed by atoms with Crippen molar-refractivity contribution in [3.8, 4) is 0 Å². The number of nitrogens with one attached hydrogen (secondary N) is 3. The van der Waals surface area contributed by atoms with Crippen molar-refractivity contribution in [1.82, 2.24) is 16.0 Å². The van der Waals surface area contributed by atoms with Gasteiger partial charge in [-0.2, -0.15) is 0 Å². The Morgan fingerprint density at radius 2 is 1.73 bits per heavy atom. The minimum Gasteiger partial charge on any atom is -0.382 e. The molecule has 8 heteroatoms. The molecule has 1 unspecified atom stereocenters. The molecule has 2 amide bonds. The highest BCUT2D eigenvalue weighted by Crippen LogP contribution is 2.08. The molecule has 0 aliphatic heterocycles. The maximum atomic E-state index is 12.9. The largest absolute Gasteiger partial charge is 0.382 e. The second-order valence-electron chi connectivity index (χ2n) is 7.41. The molecule has 1 aromatic rings. The molecule has 2 atom stereocenters. The molecule has 0 saturated heterocycles. The van der Waals surface area contributed by atoms with Crippen molar-refractivity contribution in [3.05, 3.63) is 35.9 Å². The molecule has 30 heavy (non-hydrogen) atoms. The van der Waals surface area contributed by atoms with Gasteiger partial charge in [-0.25, -0.2) is 0 Å². The lowest BCUT2D eigenvalue weighted by Crippen LogP contribution is -2.54. The zero-order valence-electron chi connectivity index (χ0n) is 18.4. The van der Waals surface area contributed by atoms with Crippen LogP contribution in [0.15, 0.2) is 30.3 Å². The first-order valence-corrected chi connectivity index (χ1v) is 10.3. The van der Waals surface area contributed by atoms with Crippen LogP contribution < -0.4 is 16.0 Å². The van der Waals surface area contributed by atoms with E-state index in [4.69, 9.17) is 9.47 Å². The Labute approximate surface area is 179 Å². The number of Topliss-reactive ketones (excluding diaryl/α,β-unsaturated/α-hetero) is 1. The Bertz CT molecular complexity index is 651. The number of hydrogen-bond donors (Lipinski definition) is 3. The predicted molar refractivity (Wildman–Crippen MR) is 115 cm³/mol. The van der Waals surface area contributed by atoms with Gasteiger partial charge in [-0.3, -0.25) is 19.7 Å². The number of methoxy groups -OCH3 is 1. The average Bonchev–Trinajstić information content (AvgIpc) is 2.72. The van der Waals surface area contributed by atoms with Crippen LogP contribution in [0.25, 0.3) is 0 Å². The molecular weight excluding hydrogens is 386 g/mol. The van der Waals surface area contributed by atoms with Crippen LogP contribution in [0.4, 0.5) is 0 Å². The third-order valence-corrected chi connectivity index (χ3v) is 4.36. The number of carbonyl (C=O) groups excluding carboxylic acids is 3. The summed E-state index contributed by atoms with van der Waals surface area (Å²) < 4.78 is 10.3. The van der Waals surface area contributed by atoms with Gasteiger partial charge in [-0.05, 0) is 24.8 Å². The lowest BCUT2D eigenvalue weighted by Gasteiger charge is -2.24. The molecule has 0 aliphatic carbocycles. The zero-order chi connectivity index (χ0) is 22.4. The van der Waals surface area contributed by atoms with Gasteiger partial charge in [0.1, 0.15) is 6.04 Å². The van der Waals surface area contributed by atoms with E-state index in [-0.39, 0.29) is 25.0 Å². The van der Waals surface area contributed by atoms with Gasteiger partial charge in [0.05, 0.1) is 26.0 Å². The predicted octanol–water partition coefficient (Wildman–Crippen LogP) is 1.04. The van der Waals surface area contributed by atoms with Crippen molar-refractivity contribution < 1.29 is 23.9 Å². The second kappa shape index (κ2) is 14.7. The molecular formula is C22H35N3O5. The highest BCUT2D eigenvalue weighted by Gasteiger charge is 2.29. The highest BCUT2D eigenvalue weighted by atomic mass is 16.5. The molecule has 0 aliphatic rings. The summed E-state index contributed by atoms with van der Waals surface area (Å²) in [6.45, 7) is 7.15. The average molecular weight is 422 g/mol. The van der Waals surface area contributed by atoms with E-state index in [1.807, 2.05) is 44.2 Å². The molecule has 0 spiro atoms. The number of amides is 2. The van der Waals surface area contributed by atoms with Crippen LogP contribution in [0.3, 0.4) is 0 Å². The topological polar surface area (TPSA) is 106 Å². The summed E-state index contributed by atoms with van der Waals surface area (Å²) in [7, 11) is 1.59. The summed E-state index contributed by atoms with van der Waals surface area (Å²) in [5.41, 5.74) is 0.858. The van der Waals surface area contributed by atoms with Crippen molar-refractivity contribution >= 4 is 17.6 Å². The summed E-state index contributed by atoms with van der Waals surface area (Å²) in [6, 6.07) is 7.80. The third-order valence-electron chi connectivity index (χ3n) is 4.36. The molecule has 168 valence electrons. The number of likely N-dealkylation sites (N-methyl/N-ethyl adjacent to an activating group) is 1. The summed E-state index contributed by atoms with van der Waals surface area (Å²) in [4.78, 5) is 37.7. The lowest BCUT2D eigenvalue weighted by atomic mass is 9.99. The fourth-order valence-electron chi connectivity index (χ4n) is 2.87. The molecule has 1 rings (SSSR count). The standard InChI is InChI=1S/C22H35N3O5/c1-5-23-22(28)20(26)18(14-17-9-7-6-8-10-17)25-21(27)19(13-16(2)3)24-15-30-12-11-29-4/h6-10,16,18-19,24H,5,11-15H2,1-4H3,(H,23,28)(H,25,27)/t18?,19-/m0/s1. The van der Waals surface area contributed by atoms with E-state index in [0.717, 1.165) is 5.56 Å². The van der Waals surface area contributed by atoms with Crippen LogP contribution in [0.2, 0.25) is 0 Å². The van der Waals surface area contributed by atoms with Crippen LogP contribution in [0.1, 0.15) is 32.8 Å². The van der Waals surface area contributed by atoms with Crippen LogP contribution in [-0.2, 0) is 30.3 Å². The van der Waals surface area contributed by atoms with E-state index in [0.29, 0.717) is 26.2 Å². The monoisotopic (exact) mass is 421 g/mol. The van der Waals surface area contributed by atoms with Gasteiger partial charge in [-0.1, -0.05) is 44.2 Å². The Kier molecular flexibility index (Phi) is 12.6. The highest BCUT2D eigenvalue weighted by molar-refractivity contribution is 6.38. The van der Waals surface area contributed by atoms with Gasteiger partial charge >= 0.3 is 0 Å². The van der Waals surface area contributed by atoms with Gasteiger partial charge in [0, 0.05) is 20.1 Å². The van der Waals surface area contributed by atoms with Crippen molar-refractivity contribution in [3.63, 3.8) is 0 Å². The van der Waals surface area contributed by atoms with Crippen LogP contribution >= 0.6 is 0 Å². The van der Waals surface area contributed by atoms with Gasteiger partial charge < -0.3 is 20.1 Å². The van der Waals surface area contributed by atoms with Crippen molar-refractivity contribution in [2.45, 2.75) is 45.7 Å². The fourth-order valence-corrected chi connectivity index (χ4v) is 2.87. The number of hydrogen-bond acceptors (Lipinski definition) is 6. The van der Waals surface area contributed by atoms with E-state index in [9.17, 15) is 14.4 Å². The molecule has 0 fully saturated rings. The van der Waals surface area contributed by atoms with Crippen LogP contribution in [0.5, 0.6) is 0 Å². The molecule has 1 aromatic carbocycles. The van der Waals surface area contributed by atoms with E-state index < -0.39 is 23.8 Å². The number of carbonyl (C=O) groups is 3. The maximum Gasteiger partial charge on any atom is 0.289 e. The molecule has 0 bridgehead atoms. The number of ketones is 1. The first-order chi connectivity index (χ1) is 14.4. The maximum absolute atomic E-state index is 12.9. The van der Waals surface area contributed by atoms with Crippen LogP contribution in [-0.4, -0.2) is 63.3 Å². The fraction of sp³-hybridized carbons (Fsp3) is 0.591. The Morgan fingerprint density at radius 3 is 2.33 bits per heavy atom. The normalized spacial score (nSPS) is 13.0. The van der Waals surface area contributed by atoms with Crippen LogP contribution in [0, 0.1) is 5.92 Å². The van der Waals surface area contributed by atoms with Gasteiger partial charge in [0.2, 0.25) is 11.7 Å². The SMILES string of the molecule is CCNC(=O)C(=O)C(Cc1ccccc1)NC(=O)[C@H](CC(C)C)NCOCCOC. The Hall–Kier alpha value is -2.29. The number of benzene rings is 1. The van der Waals surface area contributed by atoms with E-state index in [1.54, 1.807) is 14.0 Å². The summed E-state index contributed by atoms with van der Waals surface area (Å²) in [6.07, 6.45) is 0.800. The summed E-state index contributed by atoms with van der Waals surface area (Å²) in [5, 5.41) is 8.35. The van der Waals surface area contributed by atoms with Crippen molar-refractivity contribution in [2.75, 3.05) is 33.6 Å². The molecule has 3 N–H and O–H groups in total. The number of rotatable bonds is 15. The Balaban J connectivity index is 2.86. The van der Waals surface area contributed by atoms with Crippen molar-refractivity contribution in [2.24, 2.45) is 5.92 Å².